The molecule has 0 spiro atoms. The van der Waals surface area contributed by atoms with Crippen molar-refractivity contribution in [2.75, 3.05) is 20.3 Å². The first-order chi connectivity index (χ1) is 8.64. The van der Waals surface area contributed by atoms with Crippen LogP contribution in [0.5, 0.6) is 5.75 Å². The normalized spacial score (nSPS) is 23.3. The Balaban J connectivity index is 1.90. The second-order valence-electron chi connectivity index (χ2n) is 4.94. The van der Waals surface area contributed by atoms with Gasteiger partial charge in [0.1, 0.15) is 0 Å². The SMILES string of the molecule is COc1cccc(CNCC2(C)CCCO2)c1F. The van der Waals surface area contributed by atoms with E-state index in [2.05, 4.69) is 12.2 Å². The summed E-state index contributed by atoms with van der Waals surface area (Å²) in [5.41, 5.74) is 0.519. The van der Waals surface area contributed by atoms with E-state index in [4.69, 9.17) is 9.47 Å². The lowest BCUT2D eigenvalue weighted by Crippen LogP contribution is -2.36. The van der Waals surface area contributed by atoms with Crippen LogP contribution in [-0.2, 0) is 11.3 Å². The fourth-order valence-corrected chi connectivity index (χ4v) is 2.29. The Hall–Kier alpha value is -1.13. The lowest BCUT2D eigenvalue weighted by molar-refractivity contribution is 0.0206. The predicted molar refractivity (Wildman–Crippen MR) is 68.2 cm³/mol. The lowest BCUT2D eigenvalue weighted by Gasteiger charge is -2.23. The van der Waals surface area contributed by atoms with Gasteiger partial charge in [0, 0.05) is 25.3 Å². The van der Waals surface area contributed by atoms with E-state index in [1.54, 1.807) is 18.2 Å². The molecule has 0 aromatic heterocycles. The highest BCUT2D eigenvalue weighted by Crippen LogP contribution is 2.24. The Kier molecular flexibility index (Phi) is 4.19. The molecule has 1 heterocycles. The van der Waals surface area contributed by atoms with Crippen LogP contribution in [0.15, 0.2) is 18.2 Å². The number of hydrogen-bond donors (Lipinski definition) is 1. The number of halogens is 1. The van der Waals surface area contributed by atoms with E-state index < -0.39 is 0 Å². The molecule has 1 aromatic carbocycles. The van der Waals surface area contributed by atoms with E-state index in [0.717, 1.165) is 26.0 Å². The first kappa shape index (κ1) is 13.3. The Morgan fingerprint density at radius 2 is 2.33 bits per heavy atom. The summed E-state index contributed by atoms with van der Waals surface area (Å²) in [6, 6.07) is 5.19. The van der Waals surface area contributed by atoms with Crippen molar-refractivity contribution in [2.45, 2.75) is 31.9 Å². The van der Waals surface area contributed by atoms with Crippen LogP contribution in [0, 0.1) is 5.82 Å². The molecule has 4 heteroatoms. The molecule has 18 heavy (non-hydrogen) atoms. The lowest BCUT2D eigenvalue weighted by atomic mass is 10.0. The number of methoxy groups -OCH3 is 1. The Labute approximate surface area is 107 Å². The van der Waals surface area contributed by atoms with E-state index in [0.29, 0.717) is 12.1 Å². The van der Waals surface area contributed by atoms with Crippen LogP contribution in [0.25, 0.3) is 0 Å². The van der Waals surface area contributed by atoms with Crippen molar-refractivity contribution in [1.29, 1.82) is 0 Å². The van der Waals surface area contributed by atoms with Crippen molar-refractivity contribution >= 4 is 0 Å². The minimum absolute atomic E-state index is 0.102. The Morgan fingerprint density at radius 3 is 3.00 bits per heavy atom. The Morgan fingerprint density at radius 1 is 1.50 bits per heavy atom. The molecule has 1 unspecified atom stereocenters. The van der Waals surface area contributed by atoms with Crippen molar-refractivity contribution in [3.8, 4) is 5.75 Å². The first-order valence-electron chi connectivity index (χ1n) is 6.31. The van der Waals surface area contributed by atoms with Gasteiger partial charge in [-0.3, -0.25) is 0 Å². The van der Waals surface area contributed by atoms with E-state index in [1.807, 2.05) is 0 Å². The maximum atomic E-state index is 13.9. The van der Waals surface area contributed by atoms with Crippen molar-refractivity contribution in [2.24, 2.45) is 0 Å². The third-order valence-corrected chi connectivity index (χ3v) is 3.38. The highest BCUT2D eigenvalue weighted by Gasteiger charge is 2.29. The number of ether oxygens (including phenoxy) is 2. The van der Waals surface area contributed by atoms with Gasteiger partial charge in [-0.1, -0.05) is 12.1 Å². The standard InChI is InChI=1S/C14H20FNO2/c1-14(7-4-8-18-14)10-16-9-11-5-3-6-12(17-2)13(11)15/h3,5-6,16H,4,7-10H2,1-2H3. The Bertz CT molecular complexity index is 403. The molecule has 100 valence electrons. The van der Waals surface area contributed by atoms with Crippen LogP contribution in [0.1, 0.15) is 25.3 Å². The van der Waals surface area contributed by atoms with Gasteiger partial charge < -0.3 is 14.8 Å². The molecule has 1 aromatic rings. The number of rotatable bonds is 5. The van der Waals surface area contributed by atoms with Gasteiger partial charge in [0.25, 0.3) is 0 Å². The fourth-order valence-electron chi connectivity index (χ4n) is 2.29. The summed E-state index contributed by atoms with van der Waals surface area (Å²) in [6.45, 7) is 4.15. The molecular formula is C14H20FNO2. The second kappa shape index (κ2) is 5.67. The van der Waals surface area contributed by atoms with Crippen molar-refractivity contribution in [3.05, 3.63) is 29.6 Å². The third-order valence-electron chi connectivity index (χ3n) is 3.38. The molecule has 0 bridgehead atoms. The highest BCUT2D eigenvalue weighted by atomic mass is 19.1. The molecule has 0 radical (unpaired) electrons. The summed E-state index contributed by atoms with van der Waals surface area (Å²) >= 11 is 0. The van der Waals surface area contributed by atoms with Crippen LogP contribution < -0.4 is 10.1 Å². The quantitative estimate of drug-likeness (QED) is 0.874. The number of hydrogen-bond acceptors (Lipinski definition) is 3. The van der Waals surface area contributed by atoms with E-state index in [9.17, 15) is 4.39 Å². The first-order valence-corrected chi connectivity index (χ1v) is 6.31. The van der Waals surface area contributed by atoms with E-state index >= 15 is 0 Å². The van der Waals surface area contributed by atoms with Crippen molar-refractivity contribution in [1.82, 2.24) is 5.32 Å². The van der Waals surface area contributed by atoms with Crippen molar-refractivity contribution in [3.63, 3.8) is 0 Å². The highest BCUT2D eigenvalue weighted by molar-refractivity contribution is 5.30. The zero-order valence-electron chi connectivity index (χ0n) is 11.0. The zero-order valence-corrected chi connectivity index (χ0v) is 11.0. The van der Waals surface area contributed by atoms with Crippen LogP contribution in [-0.4, -0.2) is 25.9 Å². The predicted octanol–water partition coefficient (Wildman–Crippen LogP) is 2.49. The van der Waals surface area contributed by atoms with Gasteiger partial charge in [-0.15, -0.1) is 0 Å². The van der Waals surface area contributed by atoms with Gasteiger partial charge in [-0.25, -0.2) is 4.39 Å². The molecule has 1 aliphatic rings. The molecule has 1 fully saturated rings. The van der Waals surface area contributed by atoms with Gasteiger partial charge in [-0.2, -0.15) is 0 Å². The molecule has 0 aliphatic carbocycles. The summed E-state index contributed by atoms with van der Waals surface area (Å²) in [5, 5.41) is 3.26. The summed E-state index contributed by atoms with van der Waals surface area (Å²) < 4.78 is 24.5. The molecule has 2 rings (SSSR count). The van der Waals surface area contributed by atoms with Gasteiger partial charge in [0.2, 0.25) is 0 Å². The van der Waals surface area contributed by atoms with Crippen LogP contribution in [0.3, 0.4) is 0 Å². The largest absolute Gasteiger partial charge is 0.494 e. The molecule has 1 atom stereocenters. The number of benzene rings is 1. The van der Waals surface area contributed by atoms with Gasteiger partial charge in [0.05, 0.1) is 12.7 Å². The minimum atomic E-state index is -0.287. The van der Waals surface area contributed by atoms with Gasteiger partial charge in [-0.05, 0) is 25.8 Å². The average Bonchev–Trinajstić information content (AvgIpc) is 2.79. The smallest absolute Gasteiger partial charge is 0.169 e. The summed E-state index contributed by atoms with van der Waals surface area (Å²) in [6.07, 6.45) is 2.16. The van der Waals surface area contributed by atoms with Gasteiger partial charge in [0.15, 0.2) is 11.6 Å². The molecule has 1 aliphatic heterocycles. The molecule has 0 amide bonds. The summed E-state index contributed by atoms with van der Waals surface area (Å²) in [4.78, 5) is 0. The van der Waals surface area contributed by atoms with Crippen LogP contribution >= 0.6 is 0 Å². The van der Waals surface area contributed by atoms with Gasteiger partial charge >= 0.3 is 0 Å². The maximum absolute atomic E-state index is 13.9. The van der Waals surface area contributed by atoms with E-state index in [1.165, 1.54) is 7.11 Å². The topological polar surface area (TPSA) is 30.5 Å². The molecule has 3 nitrogen and oxygen atoms in total. The van der Waals surface area contributed by atoms with Crippen LogP contribution in [0.2, 0.25) is 0 Å². The molecular weight excluding hydrogens is 233 g/mol. The molecule has 1 N–H and O–H groups in total. The summed E-state index contributed by atoms with van der Waals surface area (Å²) in [7, 11) is 1.48. The minimum Gasteiger partial charge on any atom is -0.494 e. The molecule has 1 saturated heterocycles. The van der Waals surface area contributed by atoms with E-state index in [-0.39, 0.29) is 17.2 Å². The number of nitrogens with one attached hydrogen (secondary N) is 1. The van der Waals surface area contributed by atoms with Crippen molar-refractivity contribution < 1.29 is 13.9 Å². The average molecular weight is 253 g/mol. The fraction of sp³-hybridized carbons (Fsp3) is 0.571. The maximum Gasteiger partial charge on any atom is 0.169 e. The zero-order chi connectivity index (χ0) is 13.0. The summed E-state index contributed by atoms with van der Waals surface area (Å²) in [5.74, 6) is 0.00243. The monoisotopic (exact) mass is 253 g/mol. The second-order valence-corrected chi connectivity index (χ2v) is 4.94. The third kappa shape index (κ3) is 3.00. The van der Waals surface area contributed by atoms with Crippen LogP contribution in [0.4, 0.5) is 4.39 Å². The molecule has 0 saturated carbocycles.